The summed E-state index contributed by atoms with van der Waals surface area (Å²) in [5.41, 5.74) is -0.317. The predicted octanol–water partition coefficient (Wildman–Crippen LogP) is 3.58. The van der Waals surface area contributed by atoms with E-state index in [9.17, 15) is 23.3 Å². The fourth-order valence-electron chi connectivity index (χ4n) is 2.18. The summed E-state index contributed by atoms with van der Waals surface area (Å²) in [5.74, 6) is -0.426. The summed E-state index contributed by atoms with van der Waals surface area (Å²) >= 11 is 5.72. The van der Waals surface area contributed by atoms with Crippen LogP contribution in [0, 0.1) is 10.1 Å². The zero-order valence-corrected chi connectivity index (χ0v) is 16.2. The van der Waals surface area contributed by atoms with E-state index >= 15 is 0 Å². The number of hydrogen-bond acceptors (Lipinski definition) is 5. The van der Waals surface area contributed by atoms with Crippen molar-refractivity contribution in [3.05, 3.63) is 63.2 Å². The molecule has 0 saturated carbocycles. The lowest BCUT2D eigenvalue weighted by atomic mass is 10.1. The van der Waals surface area contributed by atoms with E-state index < -0.39 is 26.5 Å². The highest BCUT2D eigenvalue weighted by Crippen LogP contribution is 2.28. The Kier molecular flexibility index (Phi) is 6.40. The number of carbonyl (C=O) groups is 1. The molecule has 10 heteroatoms. The van der Waals surface area contributed by atoms with Crippen LogP contribution in [0.5, 0.6) is 0 Å². The molecule has 0 saturated heterocycles. The highest BCUT2D eigenvalue weighted by molar-refractivity contribution is 7.92. The molecule has 0 spiro atoms. The first-order chi connectivity index (χ1) is 12.7. The third kappa shape index (κ3) is 4.95. The Labute approximate surface area is 161 Å². The largest absolute Gasteiger partial charge is 0.350 e. The van der Waals surface area contributed by atoms with Gasteiger partial charge in [0.15, 0.2) is 0 Å². The fraction of sp³-hybridized carbons (Fsp3) is 0.235. The lowest BCUT2D eigenvalue weighted by Crippen LogP contribution is -2.32. The first-order valence-electron chi connectivity index (χ1n) is 8.02. The standard InChI is InChI=1S/C17H18ClN3O5S/c1-3-11(2)19-17(22)13-6-4-5-7-15(13)20-27(25,26)12-8-9-14(18)16(10-12)21(23)24/h4-11,20H,3H2,1-2H3,(H,19,22). The van der Waals surface area contributed by atoms with Crippen LogP contribution in [-0.2, 0) is 10.0 Å². The van der Waals surface area contributed by atoms with E-state index in [0.29, 0.717) is 6.42 Å². The number of nitro benzene ring substituents is 1. The lowest BCUT2D eigenvalue weighted by Gasteiger charge is -2.15. The van der Waals surface area contributed by atoms with Crippen molar-refractivity contribution in [1.29, 1.82) is 0 Å². The SMILES string of the molecule is CCC(C)NC(=O)c1ccccc1NS(=O)(=O)c1ccc(Cl)c([N+](=O)[O-])c1. The average Bonchev–Trinajstić information content (AvgIpc) is 2.61. The number of anilines is 1. The van der Waals surface area contributed by atoms with Crippen LogP contribution in [0.1, 0.15) is 30.6 Å². The van der Waals surface area contributed by atoms with Crippen LogP contribution in [0.4, 0.5) is 11.4 Å². The number of amides is 1. The number of nitrogens with zero attached hydrogens (tertiary/aromatic N) is 1. The van der Waals surface area contributed by atoms with E-state index in [1.807, 2.05) is 13.8 Å². The highest BCUT2D eigenvalue weighted by atomic mass is 35.5. The molecule has 0 aliphatic rings. The van der Waals surface area contributed by atoms with Crippen LogP contribution < -0.4 is 10.0 Å². The van der Waals surface area contributed by atoms with Crippen LogP contribution in [0.3, 0.4) is 0 Å². The van der Waals surface area contributed by atoms with Crippen molar-refractivity contribution < 1.29 is 18.1 Å². The zero-order chi connectivity index (χ0) is 20.2. The molecule has 1 atom stereocenters. The van der Waals surface area contributed by atoms with Gasteiger partial charge in [-0.1, -0.05) is 30.7 Å². The van der Waals surface area contributed by atoms with E-state index in [0.717, 1.165) is 18.2 Å². The van der Waals surface area contributed by atoms with Crippen molar-refractivity contribution in [3.63, 3.8) is 0 Å². The molecule has 0 aromatic heterocycles. The summed E-state index contributed by atoms with van der Waals surface area (Å²) in [6.07, 6.45) is 0.716. The summed E-state index contributed by atoms with van der Waals surface area (Å²) in [4.78, 5) is 22.3. The Bertz CT molecular complexity index is 978. The molecule has 0 radical (unpaired) electrons. The quantitative estimate of drug-likeness (QED) is 0.533. The van der Waals surface area contributed by atoms with Gasteiger partial charge in [0.2, 0.25) is 0 Å². The second-order valence-electron chi connectivity index (χ2n) is 5.80. The normalized spacial score (nSPS) is 12.3. The van der Waals surface area contributed by atoms with Crippen molar-refractivity contribution in [2.75, 3.05) is 4.72 Å². The summed E-state index contributed by atoms with van der Waals surface area (Å²) in [6, 6.07) is 9.18. The number of nitrogens with one attached hydrogen (secondary N) is 2. The van der Waals surface area contributed by atoms with Gasteiger partial charge >= 0.3 is 0 Å². The van der Waals surface area contributed by atoms with Crippen LogP contribution in [0.15, 0.2) is 47.4 Å². The zero-order valence-electron chi connectivity index (χ0n) is 14.6. The van der Waals surface area contributed by atoms with E-state index in [2.05, 4.69) is 10.0 Å². The van der Waals surface area contributed by atoms with E-state index in [1.165, 1.54) is 12.1 Å². The minimum atomic E-state index is -4.17. The minimum Gasteiger partial charge on any atom is -0.350 e. The Morgan fingerprint density at radius 2 is 1.93 bits per heavy atom. The summed E-state index contributed by atoms with van der Waals surface area (Å²) < 4.78 is 27.6. The maximum atomic E-state index is 12.6. The summed E-state index contributed by atoms with van der Waals surface area (Å²) in [6.45, 7) is 3.74. The van der Waals surface area contributed by atoms with Crippen molar-refractivity contribution in [3.8, 4) is 0 Å². The van der Waals surface area contributed by atoms with Crippen LogP contribution in [-0.4, -0.2) is 25.3 Å². The minimum absolute atomic E-state index is 0.0657. The van der Waals surface area contributed by atoms with Crippen molar-refractivity contribution >= 4 is 38.9 Å². The Hall–Kier alpha value is -2.65. The molecule has 0 heterocycles. The van der Waals surface area contributed by atoms with E-state index in [4.69, 9.17) is 11.6 Å². The lowest BCUT2D eigenvalue weighted by molar-refractivity contribution is -0.384. The van der Waals surface area contributed by atoms with Crippen LogP contribution >= 0.6 is 11.6 Å². The van der Waals surface area contributed by atoms with Gasteiger partial charge in [-0.25, -0.2) is 8.42 Å². The first-order valence-corrected chi connectivity index (χ1v) is 9.88. The van der Waals surface area contributed by atoms with Gasteiger partial charge in [0, 0.05) is 12.1 Å². The molecule has 2 aromatic rings. The third-order valence-electron chi connectivity index (χ3n) is 3.83. The first kappa shape index (κ1) is 20.7. The number of benzene rings is 2. The predicted molar refractivity (Wildman–Crippen MR) is 103 cm³/mol. The van der Waals surface area contributed by atoms with Gasteiger partial charge < -0.3 is 5.32 Å². The molecule has 144 valence electrons. The van der Waals surface area contributed by atoms with Crippen molar-refractivity contribution in [2.45, 2.75) is 31.2 Å². The molecule has 0 aliphatic carbocycles. The van der Waals surface area contributed by atoms with Gasteiger partial charge in [-0.2, -0.15) is 0 Å². The molecule has 0 fully saturated rings. The number of carbonyl (C=O) groups excluding carboxylic acids is 1. The Morgan fingerprint density at radius 1 is 1.26 bits per heavy atom. The average molecular weight is 412 g/mol. The molecule has 1 amide bonds. The second-order valence-corrected chi connectivity index (χ2v) is 7.89. The van der Waals surface area contributed by atoms with Crippen LogP contribution in [0.2, 0.25) is 5.02 Å². The van der Waals surface area contributed by atoms with Gasteiger partial charge in [-0.05, 0) is 37.6 Å². The Morgan fingerprint density at radius 3 is 2.56 bits per heavy atom. The van der Waals surface area contributed by atoms with Crippen LogP contribution in [0.25, 0.3) is 0 Å². The van der Waals surface area contributed by atoms with E-state index in [1.54, 1.807) is 12.1 Å². The van der Waals surface area contributed by atoms with Crippen molar-refractivity contribution in [2.24, 2.45) is 0 Å². The van der Waals surface area contributed by atoms with Gasteiger partial charge in [-0.3, -0.25) is 19.6 Å². The summed E-state index contributed by atoms with van der Waals surface area (Å²) in [5, 5.41) is 13.6. The van der Waals surface area contributed by atoms with Gasteiger partial charge in [0.1, 0.15) is 5.02 Å². The van der Waals surface area contributed by atoms with E-state index in [-0.39, 0.29) is 27.2 Å². The molecule has 2 N–H and O–H groups in total. The maximum Gasteiger partial charge on any atom is 0.289 e. The van der Waals surface area contributed by atoms with Gasteiger partial charge in [-0.15, -0.1) is 0 Å². The fourth-order valence-corrected chi connectivity index (χ4v) is 3.46. The maximum absolute atomic E-state index is 12.6. The topological polar surface area (TPSA) is 118 Å². The molecule has 2 rings (SSSR count). The molecule has 27 heavy (non-hydrogen) atoms. The molecule has 8 nitrogen and oxygen atoms in total. The monoisotopic (exact) mass is 411 g/mol. The molecular weight excluding hydrogens is 394 g/mol. The number of nitro groups is 1. The molecule has 0 bridgehead atoms. The number of rotatable bonds is 7. The highest BCUT2D eigenvalue weighted by Gasteiger charge is 2.23. The number of para-hydroxylation sites is 1. The number of hydrogen-bond donors (Lipinski definition) is 2. The summed E-state index contributed by atoms with van der Waals surface area (Å²) in [7, 11) is -4.17. The Balaban J connectivity index is 2.38. The molecule has 2 aromatic carbocycles. The smallest absolute Gasteiger partial charge is 0.289 e. The second kappa shape index (κ2) is 8.36. The number of sulfonamides is 1. The van der Waals surface area contributed by atoms with Gasteiger partial charge in [0.25, 0.3) is 21.6 Å². The molecule has 0 aliphatic heterocycles. The molecular formula is C17H18ClN3O5S. The van der Waals surface area contributed by atoms with Crippen molar-refractivity contribution in [1.82, 2.24) is 5.32 Å². The number of halogens is 1. The third-order valence-corrected chi connectivity index (χ3v) is 5.51. The molecule has 1 unspecified atom stereocenters. The van der Waals surface area contributed by atoms with Gasteiger partial charge in [0.05, 0.1) is 21.1 Å².